The second kappa shape index (κ2) is 10.8. The summed E-state index contributed by atoms with van der Waals surface area (Å²) in [5.41, 5.74) is 1.67. The molecule has 1 aliphatic heterocycles. The molecule has 0 unspecified atom stereocenters. The van der Waals surface area contributed by atoms with Crippen LogP contribution < -0.4 is 4.74 Å². The summed E-state index contributed by atoms with van der Waals surface area (Å²) in [6, 6.07) is 15.7. The lowest BCUT2D eigenvalue weighted by atomic mass is 9.73. The molecule has 0 bridgehead atoms. The minimum Gasteiger partial charge on any atom is -0.491 e. The van der Waals surface area contributed by atoms with Crippen LogP contribution in [-0.2, 0) is 22.5 Å². The Morgan fingerprint density at radius 2 is 1.83 bits per heavy atom. The summed E-state index contributed by atoms with van der Waals surface area (Å²) in [5.74, 6) is 0.641. The van der Waals surface area contributed by atoms with E-state index in [1.54, 1.807) is 0 Å². The third kappa shape index (κ3) is 5.75. The van der Waals surface area contributed by atoms with E-state index < -0.39 is 5.41 Å². The van der Waals surface area contributed by atoms with Gasteiger partial charge in [-0.1, -0.05) is 41.9 Å². The SMILES string of the molecule is CCOC(=O)C1(Cc2ccccc2Cl)CCN(Cc2ccc(OCCO)cc2)CC1. The van der Waals surface area contributed by atoms with E-state index in [0.29, 0.717) is 24.7 Å². The Balaban J connectivity index is 1.64. The van der Waals surface area contributed by atoms with Gasteiger partial charge in [0.25, 0.3) is 0 Å². The summed E-state index contributed by atoms with van der Waals surface area (Å²) < 4.78 is 10.9. The van der Waals surface area contributed by atoms with Gasteiger partial charge in [0.1, 0.15) is 12.4 Å². The van der Waals surface area contributed by atoms with Gasteiger partial charge in [0.2, 0.25) is 0 Å². The van der Waals surface area contributed by atoms with E-state index in [1.165, 1.54) is 5.56 Å². The Hall–Kier alpha value is -2.08. The first-order valence-electron chi connectivity index (χ1n) is 10.5. The highest BCUT2D eigenvalue weighted by molar-refractivity contribution is 6.31. The molecule has 6 heteroatoms. The number of hydrogen-bond donors (Lipinski definition) is 1. The number of carbonyl (C=O) groups excluding carboxylic acids is 1. The highest BCUT2D eigenvalue weighted by atomic mass is 35.5. The van der Waals surface area contributed by atoms with Gasteiger partial charge < -0.3 is 14.6 Å². The first kappa shape index (κ1) is 22.6. The van der Waals surface area contributed by atoms with Gasteiger partial charge in [-0.05, 0) is 68.6 Å². The molecule has 2 aromatic rings. The molecule has 162 valence electrons. The lowest BCUT2D eigenvalue weighted by Gasteiger charge is -2.40. The monoisotopic (exact) mass is 431 g/mol. The van der Waals surface area contributed by atoms with Gasteiger partial charge in [-0.15, -0.1) is 0 Å². The summed E-state index contributed by atoms with van der Waals surface area (Å²) in [5, 5.41) is 9.55. The van der Waals surface area contributed by atoms with E-state index >= 15 is 0 Å². The average molecular weight is 432 g/mol. The molecule has 0 saturated carbocycles. The number of ether oxygens (including phenoxy) is 2. The van der Waals surface area contributed by atoms with Crippen LogP contribution in [0.25, 0.3) is 0 Å². The molecule has 5 nitrogen and oxygen atoms in total. The Morgan fingerprint density at radius 1 is 1.13 bits per heavy atom. The van der Waals surface area contributed by atoms with E-state index in [-0.39, 0.29) is 12.6 Å². The van der Waals surface area contributed by atoms with Gasteiger partial charge in [0.15, 0.2) is 0 Å². The molecule has 0 aliphatic carbocycles. The zero-order chi connectivity index (χ0) is 21.4. The second-order valence-electron chi connectivity index (χ2n) is 7.76. The maximum atomic E-state index is 12.9. The van der Waals surface area contributed by atoms with Crippen molar-refractivity contribution < 1.29 is 19.4 Å². The minimum absolute atomic E-state index is 0.00589. The molecule has 0 aromatic heterocycles. The van der Waals surface area contributed by atoms with Gasteiger partial charge in [-0.25, -0.2) is 0 Å². The van der Waals surface area contributed by atoms with Crippen LogP contribution in [0.5, 0.6) is 5.75 Å². The summed E-state index contributed by atoms with van der Waals surface area (Å²) in [6.45, 7) is 5.02. The van der Waals surface area contributed by atoms with Crippen molar-refractivity contribution in [1.29, 1.82) is 0 Å². The van der Waals surface area contributed by atoms with Gasteiger partial charge in [-0.2, -0.15) is 0 Å². The van der Waals surface area contributed by atoms with Crippen molar-refractivity contribution in [2.45, 2.75) is 32.7 Å². The first-order chi connectivity index (χ1) is 14.6. The molecule has 2 aromatic carbocycles. The van der Waals surface area contributed by atoms with Gasteiger partial charge >= 0.3 is 5.97 Å². The Morgan fingerprint density at radius 3 is 2.47 bits per heavy atom. The van der Waals surface area contributed by atoms with Crippen molar-refractivity contribution >= 4 is 17.6 Å². The van der Waals surface area contributed by atoms with Gasteiger partial charge in [0.05, 0.1) is 18.6 Å². The fourth-order valence-electron chi connectivity index (χ4n) is 4.00. The van der Waals surface area contributed by atoms with Crippen LogP contribution in [0.1, 0.15) is 30.9 Å². The number of piperidine rings is 1. The van der Waals surface area contributed by atoms with Crippen molar-refractivity contribution in [3.05, 3.63) is 64.7 Å². The van der Waals surface area contributed by atoms with Gasteiger partial charge in [-0.3, -0.25) is 9.69 Å². The molecule has 3 rings (SSSR count). The molecular formula is C24H30ClNO4. The summed E-state index contributed by atoms with van der Waals surface area (Å²) in [6.07, 6.45) is 2.10. The number of hydrogen-bond acceptors (Lipinski definition) is 5. The number of aliphatic hydroxyl groups is 1. The van der Waals surface area contributed by atoms with Crippen molar-refractivity contribution in [2.24, 2.45) is 5.41 Å². The predicted molar refractivity (Wildman–Crippen MR) is 118 cm³/mol. The number of esters is 1. The van der Waals surface area contributed by atoms with E-state index in [9.17, 15) is 4.79 Å². The Labute approximate surface area is 183 Å². The molecule has 0 radical (unpaired) electrons. The molecule has 0 atom stereocenters. The molecule has 1 saturated heterocycles. The Kier molecular flexibility index (Phi) is 8.14. The molecule has 1 aliphatic rings. The predicted octanol–water partition coefficient (Wildman–Crippen LogP) is 4.10. The molecule has 1 heterocycles. The maximum Gasteiger partial charge on any atom is 0.312 e. The Bertz CT molecular complexity index is 816. The lowest BCUT2D eigenvalue weighted by molar-refractivity contribution is -0.158. The number of nitrogens with zero attached hydrogens (tertiary/aromatic N) is 1. The summed E-state index contributed by atoms with van der Waals surface area (Å²) >= 11 is 6.38. The van der Waals surface area contributed by atoms with E-state index in [2.05, 4.69) is 4.90 Å². The van der Waals surface area contributed by atoms with Crippen molar-refractivity contribution in [2.75, 3.05) is 32.9 Å². The quantitative estimate of drug-likeness (QED) is 0.606. The number of halogens is 1. The van der Waals surface area contributed by atoms with Crippen LogP contribution in [0, 0.1) is 5.41 Å². The second-order valence-corrected chi connectivity index (χ2v) is 8.17. The van der Waals surface area contributed by atoms with Crippen LogP contribution in [0.4, 0.5) is 0 Å². The van der Waals surface area contributed by atoms with Crippen LogP contribution in [0.15, 0.2) is 48.5 Å². The topological polar surface area (TPSA) is 59.0 Å². The van der Waals surface area contributed by atoms with Crippen molar-refractivity contribution in [3.8, 4) is 5.75 Å². The summed E-state index contributed by atoms with van der Waals surface area (Å²) in [4.78, 5) is 15.3. The fraction of sp³-hybridized carbons (Fsp3) is 0.458. The van der Waals surface area contributed by atoms with Crippen molar-refractivity contribution in [3.63, 3.8) is 0 Å². The van der Waals surface area contributed by atoms with E-state index in [1.807, 2.05) is 55.5 Å². The number of rotatable bonds is 9. The van der Waals surface area contributed by atoms with E-state index in [4.69, 9.17) is 26.2 Å². The molecule has 30 heavy (non-hydrogen) atoms. The number of benzene rings is 2. The molecule has 0 spiro atoms. The third-order valence-electron chi connectivity index (χ3n) is 5.70. The standard InChI is InChI=1S/C24H30ClNO4/c1-2-29-23(28)24(17-20-5-3-4-6-22(20)25)11-13-26(14-12-24)18-19-7-9-21(10-8-19)30-16-15-27/h3-10,27H,2,11-18H2,1H3. The number of aliphatic hydroxyl groups excluding tert-OH is 1. The van der Waals surface area contributed by atoms with Crippen LogP contribution in [0.3, 0.4) is 0 Å². The van der Waals surface area contributed by atoms with Gasteiger partial charge in [0, 0.05) is 11.6 Å². The number of likely N-dealkylation sites (tertiary alicyclic amines) is 1. The fourth-order valence-corrected chi connectivity index (χ4v) is 4.20. The molecule has 0 amide bonds. The lowest BCUT2D eigenvalue weighted by Crippen LogP contribution is -2.46. The molecule has 1 fully saturated rings. The van der Waals surface area contributed by atoms with Crippen LogP contribution in [0.2, 0.25) is 5.02 Å². The van der Waals surface area contributed by atoms with Crippen LogP contribution in [-0.4, -0.2) is 48.9 Å². The zero-order valence-corrected chi connectivity index (χ0v) is 18.2. The van der Waals surface area contributed by atoms with E-state index in [0.717, 1.165) is 43.8 Å². The van der Waals surface area contributed by atoms with Crippen LogP contribution >= 0.6 is 11.6 Å². The smallest absolute Gasteiger partial charge is 0.312 e. The largest absolute Gasteiger partial charge is 0.491 e. The number of carbonyl (C=O) groups is 1. The average Bonchev–Trinajstić information content (AvgIpc) is 2.76. The normalized spacial score (nSPS) is 16.2. The molecular weight excluding hydrogens is 402 g/mol. The highest BCUT2D eigenvalue weighted by Crippen LogP contribution is 2.38. The minimum atomic E-state index is -0.528. The first-order valence-corrected chi connectivity index (χ1v) is 10.9. The summed E-state index contributed by atoms with van der Waals surface area (Å²) in [7, 11) is 0. The zero-order valence-electron chi connectivity index (χ0n) is 17.5. The molecule has 1 N–H and O–H groups in total. The highest BCUT2D eigenvalue weighted by Gasteiger charge is 2.43. The third-order valence-corrected chi connectivity index (χ3v) is 6.07. The van der Waals surface area contributed by atoms with Crippen molar-refractivity contribution in [1.82, 2.24) is 4.90 Å². The maximum absolute atomic E-state index is 12.9.